The molecule has 0 saturated heterocycles. The van der Waals surface area contributed by atoms with Crippen LogP contribution >= 0.6 is 23.2 Å². The molecule has 1 atom stereocenters. The minimum absolute atomic E-state index is 0.0176. The van der Waals surface area contributed by atoms with Crippen molar-refractivity contribution in [2.24, 2.45) is 0 Å². The molecule has 33 heavy (non-hydrogen) atoms. The number of halogens is 2. The lowest BCUT2D eigenvalue weighted by atomic mass is 9.93. The first kappa shape index (κ1) is 23.6. The van der Waals surface area contributed by atoms with Crippen LogP contribution in [0.2, 0.25) is 10.0 Å². The number of nitrogens with zero attached hydrogens (tertiary/aromatic N) is 3. The Hall–Kier alpha value is -2.59. The van der Waals surface area contributed by atoms with Crippen LogP contribution in [0.4, 0.5) is 0 Å². The molecule has 1 aromatic heterocycles. The molecule has 0 fully saturated rings. The lowest BCUT2D eigenvalue weighted by Crippen LogP contribution is -2.33. The standard InChI is InChI=1S/C22H21Cl2N3O5S/c1-26(18-6-4-7-19-15(18)12-25-27(19)13-22(28)29)33(30,31)21-10-9-14(11-17(21)24)32-20-8-3-2-5-16(20)23/h2-3,5,8-12,18H,4,6-7,13H2,1H3,(H,28,29). The van der Waals surface area contributed by atoms with Gasteiger partial charge in [0, 0.05) is 24.4 Å². The van der Waals surface area contributed by atoms with Gasteiger partial charge in [-0.2, -0.15) is 9.40 Å². The molecule has 1 aliphatic carbocycles. The molecular weight excluding hydrogens is 489 g/mol. The maximum atomic E-state index is 13.4. The molecule has 1 heterocycles. The summed E-state index contributed by atoms with van der Waals surface area (Å²) in [6.07, 6.45) is 3.49. The Kier molecular flexibility index (Phi) is 6.67. The highest BCUT2D eigenvalue weighted by Crippen LogP contribution is 2.39. The number of aliphatic carboxylic acids is 1. The van der Waals surface area contributed by atoms with Crippen LogP contribution in [0.15, 0.2) is 53.6 Å². The van der Waals surface area contributed by atoms with E-state index in [1.165, 1.54) is 34.2 Å². The van der Waals surface area contributed by atoms with Crippen LogP contribution in [0, 0.1) is 0 Å². The monoisotopic (exact) mass is 509 g/mol. The molecule has 0 bridgehead atoms. The maximum absolute atomic E-state index is 13.4. The molecule has 3 aromatic rings. The number of hydrogen-bond acceptors (Lipinski definition) is 5. The zero-order valence-electron chi connectivity index (χ0n) is 17.6. The van der Waals surface area contributed by atoms with Crippen LogP contribution in [-0.4, -0.2) is 40.6 Å². The first-order valence-corrected chi connectivity index (χ1v) is 12.3. The lowest BCUT2D eigenvalue weighted by molar-refractivity contribution is -0.137. The summed E-state index contributed by atoms with van der Waals surface area (Å²) in [6, 6.07) is 10.8. The molecule has 4 rings (SSSR count). The van der Waals surface area contributed by atoms with Gasteiger partial charge in [-0.3, -0.25) is 9.48 Å². The Morgan fingerprint density at radius 2 is 2.00 bits per heavy atom. The van der Waals surface area contributed by atoms with E-state index in [-0.39, 0.29) is 16.5 Å². The van der Waals surface area contributed by atoms with Gasteiger partial charge in [-0.05, 0) is 43.5 Å². The van der Waals surface area contributed by atoms with Crippen LogP contribution in [0.1, 0.15) is 30.1 Å². The molecule has 0 amide bonds. The number of rotatable bonds is 7. The number of para-hydroxylation sites is 1. The van der Waals surface area contributed by atoms with E-state index in [1.54, 1.807) is 30.5 Å². The van der Waals surface area contributed by atoms with Gasteiger partial charge < -0.3 is 9.84 Å². The number of carbonyl (C=O) groups is 1. The second-order valence-electron chi connectivity index (χ2n) is 7.65. The van der Waals surface area contributed by atoms with E-state index in [1.807, 2.05) is 0 Å². The van der Waals surface area contributed by atoms with Gasteiger partial charge in [0.05, 0.1) is 22.3 Å². The molecule has 1 aliphatic rings. The van der Waals surface area contributed by atoms with Gasteiger partial charge in [-0.1, -0.05) is 35.3 Å². The number of carboxylic acids is 1. The van der Waals surface area contributed by atoms with Gasteiger partial charge in [0.2, 0.25) is 10.0 Å². The average Bonchev–Trinajstić information content (AvgIpc) is 3.17. The van der Waals surface area contributed by atoms with Crippen molar-refractivity contribution in [2.75, 3.05) is 7.05 Å². The predicted octanol–water partition coefficient (Wildman–Crippen LogP) is 4.76. The fourth-order valence-electron chi connectivity index (χ4n) is 3.97. The fraction of sp³-hybridized carbons (Fsp3) is 0.273. The van der Waals surface area contributed by atoms with Gasteiger partial charge in [-0.15, -0.1) is 0 Å². The molecule has 0 aliphatic heterocycles. The van der Waals surface area contributed by atoms with Crippen LogP contribution < -0.4 is 4.74 Å². The Labute approximate surface area is 201 Å². The normalized spacial score (nSPS) is 15.9. The minimum atomic E-state index is -3.96. The Balaban J connectivity index is 1.61. The lowest BCUT2D eigenvalue weighted by Gasteiger charge is -2.31. The average molecular weight is 510 g/mol. The summed E-state index contributed by atoms with van der Waals surface area (Å²) in [5.74, 6) is -0.226. The molecule has 174 valence electrons. The molecule has 1 N–H and O–H groups in total. The third-order valence-corrected chi connectivity index (χ3v) is 8.24. The van der Waals surface area contributed by atoms with Gasteiger partial charge in [-0.25, -0.2) is 8.42 Å². The minimum Gasteiger partial charge on any atom is -0.480 e. The molecular formula is C22H21Cl2N3O5S. The summed E-state index contributed by atoms with van der Waals surface area (Å²) in [6.45, 7) is -0.267. The zero-order chi connectivity index (χ0) is 23.8. The van der Waals surface area contributed by atoms with Crippen LogP contribution in [0.5, 0.6) is 11.5 Å². The Bertz CT molecular complexity index is 1310. The van der Waals surface area contributed by atoms with Crippen LogP contribution in [0.3, 0.4) is 0 Å². The molecule has 0 radical (unpaired) electrons. The van der Waals surface area contributed by atoms with Crippen molar-refractivity contribution in [3.05, 3.63) is 70.0 Å². The van der Waals surface area contributed by atoms with E-state index in [2.05, 4.69) is 5.10 Å². The van der Waals surface area contributed by atoms with E-state index < -0.39 is 22.0 Å². The van der Waals surface area contributed by atoms with Crippen LogP contribution in [-0.2, 0) is 27.8 Å². The quantitative estimate of drug-likeness (QED) is 0.492. The van der Waals surface area contributed by atoms with Crippen molar-refractivity contribution in [3.8, 4) is 11.5 Å². The second-order valence-corrected chi connectivity index (χ2v) is 10.4. The number of carboxylic acid groups (broad SMARTS) is 1. The highest BCUT2D eigenvalue weighted by Gasteiger charge is 2.35. The smallest absolute Gasteiger partial charge is 0.325 e. The van der Waals surface area contributed by atoms with Gasteiger partial charge in [0.1, 0.15) is 22.9 Å². The van der Waals surface area contributed by atoms with E-state index in [0.29, 0.717) is 41.3 Å². The van der Waals surface area contributed by atoms with E-state index in [0.717, 1.165) is 5.69 Å². The van der Waals surface area contributed by atoms with Crippen molar-refractivity contribution in [2.45, 2.75) is 36.7 Å². The fourth-order valence-corrected chi connectivity index (χ4v) is 6.02. The van der Waals surface area contributed by atoms with Crippen molar-refractivity contribution in [1.29, 1.82) is 0 Å². The zero-order valence-corrected chi connectivity index (χ0v) is 19.9. The third-order valence-electron chi connectivity index (χ3n) is 5.58. The molecule has 2 aromatic carbocycles. The van der Waals surface area contributed by atoms with Crippen molar-refractivity contribution in [3.63, 3.8) is 0 Å². The summed E-state index contributed by atoms with van der Waals surface area (Å²) in [5, 5.41) is 13.7. The van der Waals surface area contributed by atoms with Crippen molar-refractivity contribution < 1.29 is 23.1 Å². The molecule has 8 nitrogen and oxygen atoms in total. The van der Waals surface area contributed by atoms with Gasteiger partial charge in [0.25, 0.3) is 0 Å². The topological polar surface area (TPSA) is 102 Å². The molecule has 0 saturated carbocycles. The number of ether oxygens (including phenoxy) is 1. The molecule has 11 heteroatoms. The van der Waals surface area contributed by atoms with Crippen LogP contribution in [0.25, 0.3) is 0 Å². The summed E-state index contributed by atoms with van der Waals surface area (Å²) in [4.78, 5) is 11.1. The summed E-state index contributed by atoms with van der Waals surface area (Å²) < 4.78 is 35.3. The van der Waals surface area contributed by atoms with E-state index in [4.69, 9.17) is 33.0 Å². The third kappa shape index (κ3) is 4.72. The maximum Gasteiger partial charge on any atom is 0.325 e. The number of fused-ring (bicyclic) bond motifs is 1. The van der Waals surface area contributed by atoms with Gasteiger partial charge in [0.15, 0.2) is 0 Å². The highest BCUT2D eigenvalue weighted by molar-refractivity contribution is 7.89. The SMILES string of the molecule is CN(C1CCCc2c1cnn2CC(=O)O)S(=O)(=O)c1ccc(Oc2ccccc2Cl)cc1Cl. The second kappa shape index (κ2) is 9.34. The molecule has 1 unspecified atom stereocenters. The first-order valence-electron chi connectivity index (χ1n) is 10.1. The van der Waals surface area contributed by atoms with Gasteiger partial charge >= 0.3 is 5.97 Å². The number of benzene rings is 2. The summed E-state index contributed by atoms with van der Waals surface area (Å²) in [5.41, 5.74) is 1.45. The van der Waals surface area contributed by atoms with Crippen molar-refractivity contribution in [1.82, 2.24) is 14.1 Å². The summed E-state index contributed by atoms with van der Waals surface area (Å²) in [7, 11) is -2.46. The number of hydrogen-bond donors (Lipinski definition) is 1. The van der Waals surface area contributed by atoms with E-state index in [9.17, 15) is 13.2 Å². The van der Waals surface area contributed by atoms with E-state index >= 15 is 0 Å². The van der Waals surface area contributed by atoms with Crippen molar-refractivity contribution >= 4 is 39.2 Å². The largest absolute Gasteiger partial charge is 0.480 e. The first-order chi connectivity index (χ1) is 15.7. The highest BCUT2D eigenvalue weighted by atomic mass is 35.5. The number of sulfonamides is 1. The Morgan fingerprint density at radius 1 is 1.24 bits per heavy atom. The molecule has 0 spiro atoms. The number of aromatic nitrogens is 2. The summed E-state index contributed by atoms with van der Waals surface area (Å²) >= 11 is 12.5. The predicted molar refractivity (Wildman–Crippen MR) is 123 cm³/mol. The Morgan fingerprint density at radius 3 is 2.70 bits per heavy atom.